The zero-order valence-electron chi connectivity index (χ0n) is 12.5. The standard InChI is InChI=1S/C17H13ClN4OS/c18-14-1-2-15(12(9-14)11-19)22-7-8-24-17(22,10-16(20)23)13-3-5-21-6-4-13/h1-9H,10H2,(H2,20,23). The van der Waals surface area contributed by atoms with Crippen LogP contribution in [-0.4, -0.2) is 10.9 Å². The van der Waals surface area contributed by atoms with Gasteiger partial charge in [0.05, 0.1) is 17.7 Å². The van der Waals surface area contributed by atoms with Crippen LogP contribution in [-0.2, 0) is 9.67 Å². The second-order valence-electron chi connectivity index (χ2n) is 5.21. The van der Waals surface area contributed by atoms with Crippen molar-refractivity contribution in [3.63, 3.8) is 0 Å². The largest absolute Gasteiger partial charge is 0.370 e. The lowest BCUT2D eigenvalue weighted by molar-refractivity contribution is -0.118. The van der Waals surface area contributed by atoms with Crippen molar-refractivity contribution in [3.8, 4) is 6.07 Å². The Morgan fingerprint density at radius 3 is 2.79 bits per heavy atom. The van der Waals surface area contributed by atoms with E-state index in [1.54, 1.807) is 30.6 Å². The number of primary amides is 1. The summed E-state index contributed by atoms with van der Waals surface area (Å²) in [5.74, 6) is -0.430. The fourth-order valence-electron chi connectivity index (χ4n) is 2.75. The van der Waals surface area contributed by atoms with Crippen molar-refractivity contribution in [3.05, 3.63) is 70.5 Å². The summed E-state index contributed by atoms with van der Waals surface area (Å²) in [6, 6.07) is 10.9. The minimum absolute atomic E-state index is 0.0855. The van der Waals surface area contributed by atoms with Gasteiger partial charge in [-0.05, 0) is 41.3 Å². The summed E-state index contributed by atoms with van der Waals surface area (Å²) in [5.41, 5.74) is 7.50. The van der Waals surface area contributed by atoms with Crippen molar-refractivity contribution in [2.75, 3.05) is 4.90 Å². The molecule has 1 aromatic carbocycles. The summed E-state index contributed by atoms with van der Waals surface area (Å²) in [4.78, 5) is 16.9. The van der Waals surface area contributed by atoms with Gasteiger partial charge in [0.2, 0.25) is 5.91 Å². The molecule has 120 valence electrons. The van der Waals surface area contributed by atoms with Crippen LogP contribution in [0, 0.1) is 11.3 Å². The second kappa shape index (κ2) is 6.56. The fourth-order valence-corrected chi connectivity index (χ4v) is 4.10. The van der Waals surface area contributed by atoms with Crippen molar-refractivity contribution in [2.45, 2.75) is 11.3 Å². The van der Waals surface area contributed by atoms with Crippen molar-refractivity contribution < 1.29 is 4.79 Å². The normalized spacial score (nSPS) is 19.2. The van der Waals surface area contributed by atoms with Crippen LogP contribution in [0.25, 0.3) is 0 Å². The summed E-state index contributed by atoms with van der Waals surface area (Å²) >= 11 is 7.47. The second-order valence-corrected chi connectivity index (χ2v) is 6.83. The number of carbonyl (C=O) groups is 1. The average molecular weight is 357 g/mol. The Hall–Kier alpha value is -2.49. The molecule has 3 rings (SSSR count). The lowest BCUT2D eigenvalue weighted by atomic mass is 10.00. The van der Waals surface area contributed by atoms with Gasteiger partial charge in [-0.2, -0.15) is 5.26 Å². The number of nitrogens with zero attached hydrogens (tertiary/aromatic N) is 3. The first kappa shape index (κ1) is 16.4. The van der Waals surface area contributed by atoms with Crippen LogP contribution in [0.4, 0.5) is 5.69 Å². The fraction of sp³-hybridized carbons (Fsp3) is 0.118. The summed E-state index contributed by atoms with van der Waals surface area (Å²) in [6.07, 6.45) is 5.27. The molecular formula is C17H13ClN4OS. The van der Waals surface area contributed by atoms with Gasteiger partial charge in [-0.15, -0.1) is 0 Å². The summed E-state index contributed by atoms with van der Waals surface area (Å²) in [7, 11) is 0. The van der Waals surface area contributed by atoms with Crippen LogP contribution in [0.1, 0.15) is 17.5 Å². The van der Waals surface area contributed by atoms with E-state index in [1.165, 1.54) is 11.8 Å². The number of amides is 1. The third-order valence-electron chi connectivity index (χ3n) is 3.75. The molecule has 1 amide bonds. The highest BCUT2D eigenvalue weighted by Crippen LogP contribution is 2.50. The van der Waals surface area contributed by atoms with Crippen molar-refractivity contribution in [1.29, 1.82) is 5.26 Å². The molecule has 0 radical (unpaired) electrons. The molecule has 0 spiro atoms. The number of halogens is 1. The van der Waals surface area contributed by atoms with Gasteiger partial charge in [0.25, 0.3) is 0 Å². The highest BCUT2D eigenvalue weighted by molar-refractivity contribution is 8.03. The van der Waals surface area contributed by atoms with Gasteiger partial charge in [-0.1, -0.05) is 23.4 Å². The molecule has 1 unspecified atom stereocenters. The molecule has 2 aromatic rings. The third kappa shape index (κ3) is 2.84. The number of hydrogen-bond donors (Lipinski definition) is 1. The van der Waals surface area contributed by atoms with Crippen LogP contribution in [0.15, 0.2) is 54.3 Å². The maximum Gasteiger partial charge on any atom is 0.221 e. The van der Waals surface area contributed by atoms with E-state index in [-0.39, 0.29) is 6.42 Å². The monoisotopic (exact) mass is 356 g/mol. The molecule has 0 saturated carbocycles. The van der Waals surface area contributed by atoms with E-state index in [9.17, 15) is 10.1 Å². The molecule has 1 aliphatic rings. The van der Waals surface area contributed by atoms with Crippen molar-refractivity contribution in [1.82, 2.24) is 4.98 Å². The first-order chi connectivity index (χ1) is 11.6. The Balaban J connectivity index is 2.17. The first-order valence-corrected chi connectivity index (χ1v) is 8.35. The maximum atomic E-state index is 11.8. The predicted octanol–water partition coefficient (Wildman–Crippen LogP) is 3.36. The number of pyridine rings is 1. The number of nitrogens with two attached hydrogens (primary N) is 1. The zero-order valence-corrected chi connectivity index (χ0v) is 14.1. The molecule has 24 heavy (non-hydrogen) atoms. The van der Waals surface area contributed by atoms with Gasteiger partial charge in [0, 0.05) is 23.6 Å². The van der Waals surface area contributed by atoms with E-state index in [0.717, 1.165) is 5.56 Å². The molecule has 1 atom stereocenters. The molecular weight excluding hydrogens is 344 g/mol. The van der Waals surface area contributed by atoms with Gasteiger partial charge in [0.15, 0.2) is 0 Å². The number of thioether (sulfide) groups is 1. The first-order valence-electron chi connectivity index (χ1n) is 7.09. The smallest absolute Gasteiger partial charge is 0.221 e. The van der Waals surface area contributed by atoms with Gasteiger partial charge in [0.1, 0.15) is 10.9 Å². The number of anilines is 1. The van der Waals surface area contributed by atoms with Crippen molar-refractivity contribution >= 4 is 35.0 Å². The molecule has 5 nitrogen and oxygen atoms in total. The topological polar surface area (TPSA) is 83.0 Å². The highest BCUT2D eigenvalue weighted by Gasteiger charge is 2.43. The molecule has 0 saturated heterocycles. The Labute approximate surface area is 148 Å². The maximum absolute atomic E-state index is 11.8. The molecule has 1 aliphatic heterocycles. The molecule has 0 fully saturated rings. The van der Waals surface area contributed by atoms with Crippen LogP contribution < -0.4 is 10.6 Å². The Kier molecular flexibility index (Phi) is 4.47. The van der Waals surface area contributed by atoms with Crippen LogP contribution >= 0.6 is 23.4 Å². The van der Waals surface area contributed by atoms with E-state index in [2.05, 4.69) is 11.1 Å². The highest BCUT2D eigenvalue weighted by atomic mass is 35.5. The summed E-state index contributed by atoms with van der Waals surface area (Å²) < 4.78 is 0. The summed E-state index contributed by atoms with van der Waals surface area (Å²) in [5, 5.41) is 11.8. The third-order valence-corrected chi connectivity index (χ3v) is 5.21. The minimum atomic E-state index is -0.756. The number of rotatable bonds is 4. The number of nitriles is 1. The molecule has 0 aliphatic carbocycles. The Bertz CT molecular complexity index is 849. The quantitative estimate of drug-likeness (QED) is 0.908. The number of carbonyl (C=O) groups excluding carboxylic acids is 1. The van der Waals surface area contributed by atoms with Gasteiger partial charge < -0.3 is 10.6 Å². The van der Waals surface area contributed by atoms with E-state index in [1.807, 2.05) is 28.6 Å². The van der Waals surface area contributed by atoms with E-state index < -0.39 is 10.8 Å². The molecule has 0 bridgehead atoms. The number of benzene rings is 1. The van der Waals surface area contributed by atoms with E-state index in [0.29, 0.717) is 16.3 Å². The van der Waals surface area contributed by atoms with E-state index >= 15 is 0 Å². The minimum Gasteiger partial charge on any atom is -0.370 e. The lowest BCUT2D eigenvalue weighted by Crippen LogP contribution is -2.41. The van der Waals surface area contributed by atoms with E-state index in [4.69, 9.17) is 17.3 Å². The van der Waals surface area contributed by atoms with Gasteiger partial charge >= 0.3 is 0 Å². The SMILES string of the molecule is N#Cc1cc(Cl)ccc1N1C=CSC1(CC(N)=O)c1ccncc1. The van der Waals surface area contributed by atoms with Gasteiger partial charge in [-0.3, -0.25) is 9.78 Å². The summed E-state index contributed by atoms with van der Waals surface area (Å²) in [6.45, 7) is 0. The lowest BCUT2D eigenvalue weighted by Gasteiger charge is -2.38. The van der Waals surface area contributed by atoms with Gasteiger partial charge in [-0.25, -0.2) is 0 Å². The molecule has 7 heteroatoms. The van der Waals surface area contributed by atoms with Crippen molar-refractivity contribution in [2.24, 2.45) is 5.73 Å². The molecule has 1 aromatic heterocycles. The zero-order chi connectivity index (χ0) is 17.2. The Morgan fingerprint density at radius 1 is 1.38 bits per heavy atom. The van der Waals surface area contributed by atoms with Crippen LogP contribution in [0.2, 0.25) is 5.02 Å². The number of hydrogen-bond acceptors (Lipinski definition) is 5. The molecule has 2 N–H and O–H groups in total. The van der Waals surface area contributed by atoms with Crippen LogP contribution in [0.3, 0.4) is 0 Å². The number of aromatic nitrogens is 1. The predicted molar refractivity (Wildman–Crippen MR) is 95.1 cm³/mol. The Morgan fingerprint density at radius 2 is 2.12 bits per heavy atom. The molecule has 2 heterocycles. The van der Waals surface area contributed by atoms with Crippen LogP contribution in [0.5, 0.6) is 0 Å². The average Bonchev–Trinajstić information content (AvgIpc) is 2.99.